The average molecular weight is 446 g/mol. The van der Waals surface area contributed by atoms with E-state index < -0.39 is 41.6 Å². The largest absolute Gasteiger partial charge is 0.459 e. The van der Waals surface area contributed by atoms with Crippen LogP contribution in [0.2, 0.25) is 0 Å². The summed E-state index contributed by atoms with van der Waals surface area (Å²) in [7, 11) is 0. The van der Waals surface area contributed by atoms with Crippen LogP contribution in [-0.4, -0.2) is 71.2 Å². The molecule has 1 aromatic carbocycles. The van der Waals surface area contributed by atoms with E-state index in [2.05, 4.69) is 5.32 Å². The lowest BCUT2D eigenvalue weighted by Gasteiger charge is -2.34. The number of benzene rings is 1. The molecule has 2 aliphatic rings. The zero-order valence-corrected chi connectivity index (χ0v) is 17.1. The molecule has 1 atom stereocenters. The second-order valence-electron chi connectivity index (χ2n) is 7.72. The number of nitrogens with one attached hydrogen (secondary N) is 1. The van der Waals surface area contributed by atoms with Gasteiger partial charge in [0.05, 0.1) is 6.26 Å². The zero-order valence-electron chi connectivity index (χ0n) is 17.1. The van der Waals surface area contributed by atoms with Crippen LogP contribution < -0.4 is 5.32 Å². The van der Waals surface area contributed by atoms with E-state index in [1.807, 2.05) is 0 Å². The monoisotopic (exact) mass is 446 g/mol. The lowest BCUT2D eigenvalue weighted by Crippen LogP contribution is -2.53. The predicted molar refractivity (Wildman–Crippen MR) is 105 cm³/mol. The maximum Gasteiger partial charge on any atom is 0.325 e. The normalized spacial score (nSPS) is 21.2. The van der Waals surface area contributed by atoms with Crippen molar-refractivity contribution >= 4 is 23.8 Å². The van der Waals surface area contributed by atoms with E-state index in [9.17, 15) is 28.0 Å². The number of urea groups is 1. The third-order valence-electron chi connectivity index (χ3n) is 5.69. The lowest BCUT2D eigenvalue weighted by atomic mass is 9.91. The number of rotatable bonds is 4. The first-order valence-corrected chi connectivity index (χ1v) is 9.91. The molecule has 4 rings (SSSR count). The summed E-state index contributed by atoms with van der Waals surface area (Å²) in [6.45, 7) is 1.66. The van der Waals surface area contributed by atoms with Gasteiger partial charge in [-0.25, -0.2) is 13.6 Å². The molecular formula is C21H20F2N4O5. The summed E-state index contributed by atoms with van der Waals surface area (Å²) < 4.78 is 33.0. The number of amides is 5. The third-order valence-corrected chi connectivity index (χ3v) is 5.69. The minimum Gasteiger partial charge on any atom is -0.459 e. The van der Waals surface area contributed by atoms with Crippen LogP contribution in [0.15, 0.2) is 41.0 Å². The van der Waals surface area contributed by atoms with E-state index in [4.69, 9.17) is 4.42 Å². The lowest BCUT2D eigenvalue weighted by molar-refractivity contribution is -0.139. The Morgan fingerprint density at radius 2 is 1.78 bits per heavy atom. The van der Waals surface area contributed by atoms with Crippen molar-refractivity contribution < 1.29 is 32.4 Å². The van der Waals surface area contributed by atoms with Gasteiger partial charge >= 0.3 is 6.03 Å². The maximum atomic E-state index is 14.2. The number of piperazine rings is 1. The minimum atomic E-state index is -1.84. The van der Waals surface area contributed by atoms with Crippen molar-refractivity contribution in [2.45, 2.75) is 12.5 Å². The summed E-state index contributed by atoms with van der Waals surface area (Å²) in [5.74, 6) is -3.05. The van der Waals surface area contributed by atoms with E-state index in [1.54, 1.807) is 17.0 Å². The van der Waals surface area contributed by atoms with E-state index in [0.717, 1.165) is 18.2 Å². The van der Waals surface area contributed by atoms with Crippen LogP contribution in [0.1, 0.15) is 23.0 Å². The Kier molecular flexibility index (Phi) is 5.41. The van der Waals surface area contributed by atoms with Gasteiger partial charge in [0.15, 0.2) is 5.76 Å². The number of furan rings is 1. The topological polar surface area (TPSA) is 103 Å². The Labute approximate surface area is 181 Å². The van der Waals surface area contributed by atoms with Gasteiger partial charge in [0.1, 0.15) is 23.7 Å². The van der Waals surface area contributed by atoms with Gasteiger partial charge in [0, 0.05) is 31.7 Å². The highest BCUT2D eigenvalue weighted by Crippen LogP contribution is 2.31. The Bertz CT molecular complexity index is 1080. The maximum absolute atomic E-state index is 14.2. The van der Waals surface area contributed by atoms with Crippen LogP contribution in [-0.2, 0) is 15.1 Å². The molecule has 0 bridgehead atoms. The van der Waals surface area contributed by atoms with Crippen LogP contribution in [0, 0.1) is 11.6 Å². The highest BCUT2D eigenvalue weighted by Gasteiger charge is 2.51. The summed E-state index contributed by atoms with van der Waals surface area (Å²) in [5, 5.41) is 2.36. The molecule has 3 heterocycles. The second kappa shape index (κ2) is 8.06. The first kappa shape index (κ1) is 21.5. The molecule has 11 heteroatoms. The highest BCUT2D eigenvalue weighted by molar-refractivity contribution is 6.09. The molecule has 2 saturated heterocycles. The molecule has 2 aliphatic heterocycles. The Balaban J connectivity index is 1.41. The van der Waals surface area contributed by atoms with Crippen LogP contribution in [0.5, 0.6) is 0 Å². The van der Waals surface area contributed by atoms with Gasteiger partial charge in [-0.2, -0.15) is 0 Å². The molecule has 1 aromatic heterocycles. The average Bonchev–Trinajstić information content (AvgIpc) is 3.39. The molecule has 9 nitrogen and oxygen atoms in total. The molecule has 0 saturated carbocycles. The molecule has 32 heavy (non-hydrogen) atoms. The molecular weight excluding hydrogens is 426 g/mol. The number of halogens is 2. The fourth-order valence-electron chi connectivity index (χ4n) is 3.85. The summed E-state index contributed by atoms with van der Waals surface area (Å²) >= 11 is 0. The number of carbonyl (C=O) groups is 4. The smallest absolute Gasteiger partial charge is 0.325 e. The van der Waals surface area contributed by atoms with Gasteiger partial charge in [-0.3, -0.25) is 19.3 Å². The number of hydrogen-bond acceptors (Lipinski definition) is 5. The number of nitrogens with zero attached hydrogens (tertiary/aromatic N) is 3. The molecule has 0 radical (unpaired) electrons. The number of carbonyl (C=O) groups excluding carboxylic acids is 4. The Morgan fingerprint density at radius 3 is 2.44 bits per heavy atom. The summed E-state index contributed by atoms with van der Waals surface area (Å²) in [5.41, 5.74) is -2.16. The van der Waals surface area contributed by atoms with E-state index in [-0.39, 0.29) is 43.4 Å². The summed E-state index contributed by atoms with van der Waals surface area (Å²) in [6.07, 6.45) is 1.40. The van der Waals surface area contributed by atoms with Crippen LogP contribution in [0.25, 0.3) is 0 Å². The van der Waals surface area contributed by atoms with Gasteiger partial charge in [0.25, 0.3) is 11.8 Å². The van der Waals surface area contributed by atoms with Crippen molar-refractivity contribution in [1.29, 1.82) is 0 Å². The molecule has 1 unspecified atom stereocenters. The van der Waals surface area contributed by atoms with E-state index in [1.165, 1.54) is 18.1 Å². The molecule has 1 N–H and O–H groups in total. The summed E-state index contributed by atoms with van der Waals surface area (Å²) in [4.78, 5) is 54.0. The first-order chi connectivity index (χ1) is 15.2. The van der Waals surface area contributed by atoms with Gasteiger partial charge < -0.3 is 19.5 Å². The van der Waals surface area contributed by atoms with Crippen molar-refractivity contribution in [1.82, 2.24) is 20.0 Å². The second-order valence-corrected chi connectivity index (χ2v) is 7.72. The predicted octanol–water partition coefficient (Wildman–Crippen LogP) is 1.31. The molecule has 2 fully saturated rings. The van der Waals surface area contributed by atoms with Gasteiger partial charge in [-0.1, -0.05) is 0 Å². The minimum absolute atomic E-state index is 0.202. The van der Waals surface area contributed by atoms with Crippen LogP contribution in [0.4, 0.5) is 13.6 Å². The van der Waals surface area contributed by atoms with Crippen molar-refractivity contribution in [3.05, 3.63) is 59.6 Å². The van der Waals surface area contributed by atoms with Gasteiger partial charge in [-0.05, 0) is 37.3 Å². The molecule has 168 valence electrons. The van der Waals surface area contributed by atoms with E-state index >= 15 is 0 Å². The zero-order chi connectivity index (χ0) is 23.0. The Morgan fingerprint density at radius 1 is 1.09 bits per heavy atom. The third kappa shape index (κ3) is 3.70. The van der Waals surface area contributed by atoms with Crippen molar-refractivity contribution in [3.8, 4) is 0 Å². The number of hydrogen-bond donors (Lipinski definition) is 1. The van der Waals surface area contributed by atoms with Gasteiger partial charge in [-0.15, -0.1) is 0 Å². The summed E-state index contributed by atoms with van der Waals surface area (Å²) in [6, 6.07) is 4.90. The molecule has 2 aromatic rings. The Hall–Kier alpha value is -3.76. The van der Waals surface area contributed by atoms with Crippen molar-refractivity contribution in [2.75, 3.05) is 32.7 Å². The number of imide groups is 1. The van der Waals surface area contributed by atoms with Gasteiger partial charge in [0.2, 0.25) is 5.91 Å². The van der Waals surface area contributed by atoms with Crippen LogP contribution >= 0.6 is 0 Å². The van der Waals surface area contributed by atoms with Crippen molar-refractivity contribution in [3.63, 3.8) is 0 Å². The van der Waals surface area contributed by atoms with Crippen molar-refractivity contribution in [2.24, 2.45) is 0 Å². The first-order valence-electron chi connectivity index (χ1n) is 9.91. The molecule has 5 amide bonds. The standard InChI is InChI=1S/C21H20F2N4O5/c1-21(14-11-13(22)4-5-15(14)23)19(30)27(20(31)24-21)12-17(28)25-6-8-26(9-7-25)18(29)16-3-2-10-32-16/h2-5,10-11H,6-9,12H2,1H3,(H,24,31). The SMILES string of the molecule is CC1(c2cc(F)ccc2F)NC(=O)N(CC(=O)N2CCN(C(=O)c3ccco3)CC2)C1=O. The molecule has 0 aliphatic carbocycles. The highest BCUT2D eigenvalue weighted by atomic mass is 19.1. The van der Waals surface area contributed by atoms with E-state index in [0.29, 0.717) is 4.90 Å². The quantitative estimate of drug-likeness (QED) is 0.714. The fourth-order valence-corrected chi connectivity index (χ4v) is 3.85. The van der Waals surface area contributed by atoms with Crippen LogP contribution in [0.3, 0.4) is 0 Å². The fraction of sp³-hybridized carbons (Fsp3) is 0.333. The molecule has 0 spiro atoms.